The molecule has 1 aromatic carbocycles. The van der Waals surface area contributed by atoms with E-state index in [-0.39, 0.29) is 11.5 Å². The third-order valence-corrected chi connectivity index (χ3v) is 2.54. The molecule has 0 unspecified atom stereocenters. The number of rotatable bonds is 3. The summed E-state index contributed by atoms with van der Waals surface area (Å²) in [4.78, 5) is 21.6. The molecule has 0 saturated carbocycles. The molecule has 17 heavy (non-hydrogen) atoms. The molecular formula is C11H7BrO5. The highest BCUT2D eigenvalue weighted by Gasteiger charge is 2.17. The number of carboxylic acids is 1. The van der Waals surface area contributed by atoms with Crippen LogP contribution in [0.15, 0.2) is 42.4 Å². The number of halogens is 1. The normalized spacial score (nSPS) is 10.4. The largest absolute Gasteiger partial charge is 0.519 e. The van der Waals surface area contributed by atoms with Crippen molar-refractivity contribution in [3.05, 3.63) is 45.1 Å². The van der Waals surface area contributed by atoms with Gasteiger partial charge in [-0.05, 0) is 12.1 Å². The van der Waals surface area contributed by atoms with E-state index in [0.29, 0.717) is 5.56 Å². The molecule has 0 amide bonds. The fourth-order valence-electron chi connectivity index (χ4n) is 1.41. The smallest absolute Gasteiger partial charge is 0.481 e. The van der Waals surface area contributed by atoms with Gasteiger partial charge in [0.2, 0.25) is 0 Å². The van der Waals surface area contributed by atoms with Gasteiger partial charge < -0.3 is 13.9 Å². The fraction of sp³-hybridized carbons (Fsp3) is 0.0909. The van der Waals surface area contributed by atoms with E-state index < -0.39 is 18.2 Å². The van der Waals surface area contributed by atoms with E-state index in [2.05, 4.69) is 15.9 Å². The van der Waals surface area contributed by atoms with E-state index in [4.69, 9.17) is 13.9 Å². The Bertz CT molecular complexity index is 610. The van der Waals surface area contributed by atoms with Crippen molar-refractivity contribution < 1.29 is 18.7 Å². The minimum atomic E-state index is -1.09. The highest BCUT2D eigenvalue weighted by Crippen LogP contribution is 2.25. The molecule has 1 heterocycles. The van der Waals surface area contributed by atoms with Gasteiger partial charge in [-0.15, -0.1) is 0 Å². The van der Waals surface area contributed by atoms with Gasteiger partial charge in [0.05, 0.1) is 0 Å². The molecule has 1 aromatic heterocycles. The summed E-state index contributed by atoms with van der Waals surface area (Å²) in [5, 5.41) is 8.69. The first-order valence-corrected chi connectivity index (χ1v) is 5.46. The van der Waals surface area contributed by atoms with Crippen molar-refractivity contribution in [1.29, 1.82) is 0 Å². The molecular weight excluding hydrogens is 292 g/mol. The molecule has 0 aliphatic heterocycles. The minimum absolute atomic E-state index is 0.0144. The summed E-state index contributed by atoms with van der Waals surface area (Å²) >= 11 is 3.27. The van der Waals surface area contributed by atoms with Crippen LogP contribution in [0.1, 0.15) is 5.76 Å². The Labute approximate surface area is 104 Å². The zero-order valence-electron chi connectivity index (χ0n) is 8.47. The summed E-state index contributed by atoms with van der Waals surface area (Å²) < 4.78 is 10.3. The maximum atomic E-state index is 11.0. The van der Waals surface area contributed by atoms with Gasteiger partial charge in [0.1, 0.15) is 6.42 Å². The molecule has 0 aliphatic carbocycles. The van der Waals surface area contributed by atoms with Crippen LogP contribution in [0.5, 0.6) is 0 Å². The van der Waals surface area contributed by atoms with Gasteiger partial charge in [-0.2, -0.15) is 0 Å². The van der Waals surface area contributed by atoms with Gasteiger partial charge in [0, 0.05) is 10.0 Å². The quantitative estimate of drug-likeness (QED) is 0.940. The van der Waals surface area contributed by atoms with E-state index in [1.54, 1.807) is 24.3 Å². The van der Waals surface area contributed by atoms with Gasteiger partial charge in [-0.3, -0.25) is 4.79 Å². The van der Waals surface area contributed by atoms with E-state index >= 15 is 0 Å². The van der Waals surface area contributed by atoms with Crippen LogP contribution in [-0.2, 0) is 11.2 Å². The number of carbonyl (C=O) groups is 1. The van der Waals surface area contributed by atoms with E-state index in [0.717, 1.165) is 4.47 Å². The average Bonchev–Trinajstić information content (AvgIpc) is 2.58. The Morgan fingerprint density at radius 3 is 2.76 bits per heavy atom. The molecule has 5 nitrogen and oxygen atoms in total. The van der Waals surface area contributed by atoms with Gasteiger partial charge >= 0.3 is 11.8 Å². The summed E-state index contributed by atoms with van der Waals surface area (Å²) in [6, 6.07) is 6.96. The van der Waals surface area contributed by atoms with Crippen molar-refractivity contribution >= 4 is 21.9 Å². The molecule has 6 heteroatoms. The van der Waals surface area contributed by atoms with Gasteiger partial charge in [0.25, 0.3) is 0 Å². The second kappa shape index (κ2) is 4.58. The fourth-order valence-corrected chi connectivity index (χ4v) is 1.81. The van der Waals surface area contributed by atoms with Crippen molar-refractivity contribution in [2.45, 2.75) is 6.42 Å². The first-order chi connectivity index (χ1) is 8.06. The Hall–Kier alpha value is -1.82. The summed E-state index contributed by atoms with van der Waals surface area (Å²) in [5.41, 5.74) is 0.585. The number of hydrogen-bond donors (Lipinski definition) is 1. The third kappa shape index (κ3) is 2.65. The van der Waals surface area contributed by atoms with Gasteiger partial charge in [0.15, 0.2) is 11.5 Å². The lowest BCUT2D eigenvalue weighted by molar-refractivity contribution is -0.136. The van der Waals surface area contributed by atoms with Crippen LogP contribution in [0, 0.1) is 0 Å². The van der Waals surface area contributed by atoms with Crippen molar-refractivity contribution in [1.82, 2.24) is 0 Å². The van der Waals surface area contributed by atoms with Crippen LogP contribution >= 0.6 is 15.9 Å². The van der Waals surface area contributed by atoms with Crippen molar-refractivity contribution in [3.8, 4) is 11.3 Å². The van der Waals surface area contributed by atoms with Crippen molar-refractivity contribution in [2.24, 2.45) is 0 Å². The molecule has 0 bridgehead atoms. The maximum absolute atomic E-state index is 11.0. The molecule has 2 rings (SSSR count). The molecule has 0 atom stereocenters. The highest BCUT2D eigenvalue weighted by molar-refractivity contribution is 9.10. The number of hydrogen-bond acceptors (Lipinski definition) is 4. The van der Waals surface area contributed by atoms with Crippen LogP contribution in [0.3, 0.4) is 0 Å². The molecule has 88 valence electrons. The maximum Gasteiger partial charge on any atom is 0.519 e. The Balaban J connectivity index is 2.51. The van der Waals surface area contributed by atoms with Crippen LogP contribution in [0.2, 0.25) is 0 Å². The predicted molar refractivity (Wildman–Crippen MR) is 61.7 cm³/mol. The highest BCUT2D eigenvalue weighted by atomic mass is 79.9. The van der Waals surface area contributed by atoms with E-state index in [9.17, 15) is 9.59 Å². The second-order valence-corrected chi connectivity index (χ2v) is 4.20. The van der Waals surface area contributed by atoms with Crippen molar-refractivity contribution in [2.75, 3.05) is 0 Å². The Kier molecular flexibility index (Phi) is 3.14. The monoisotopic (exact) mass is 298 g/mol. The lowest BCUT2D eigenvalue weighted by atomic mass is 10.1. The molecule has 2 aromatic rings. The van der Waals surface area contributed by atoms with Crippen LogP contribution < -0.4 is 5.82 Å². The Morgan fingerprint density at radius 2 is 2.12 bits per heavy atom. The summed E-state index contributed by atoms with van der Waals surface area (Å²) in [7, 11) is 0. The lowest BCUT2D eigenvalue weighted by Crippen LogP contribution is -2.00. The zero-order valence-corrected chi connectivity index (χ0v) is 10.1. The number of carboxylic acid groups (broad SMARTS) is 1. The minimum Gasteiger partial charge on any atom is -0.481 e. The SMILES string of the molecule is O=C(O)Cc1oc(=O)oc1-c1cccc(Br)c1. The van der Waals surface area contributed by atoms with Crippen LogP contribution in [-0.4, -0.2) is 11.1 Å². The van der Waals surface area contributed by atoms with Gasteiger partial charge in [-0.25, -0.2) is 4.79 Å². The van der Waals surface area contributed by atoms with Crippen molar-refractivity contribution in [3.63, 3.8) is 0 Å². The first-order valence-electron chi connectivity index (χ1n) is 4.67. The first kappa shape index (κ1) is 11.7. The molecule has 0 fully saturated rings. The van der Waals surface area contributed by atoms with Crippen LogP contribution in [0.25, 0.3) is 11.3 Å². The number of benzene rings is 1. The van der Waals surface area contributed by atoms with E-state index in [1.807, 2.05) is 0 Å². The molecule has 0 spiro atoms. The standard InChI is InChI=1S/C11H7BrO5/c12-7-3-1-2-6(4-7)10-8(5-9(13)14)16-11(15)17-10/h1-4H,5H2,(H,13,14). The summed E-state index contributed by atoms with van der Waals surface area (Å²) in [5.74, 6) is -1.83. The molecule has 0 saturated heterocycles. The predicted octanol–water partition coefficient (Wildman–Crippen LogP) is 2.29. The van der Waals surface area contributed by atoms with Gasteiger partial charge in [-0.1, -0.05) is 28.1 Å². The van der Waals surface area contributed by atoms with E-state index in [1.165, 1.54) is 0 Å². The Morgan fingerprint density at radius 1 is 1.35 bits per heavy atom. The summed E-state index contributed by atoms with van der Waals surface area (Å²) in [6.07, 6.45) is -0.395. The molecule has 1 N–H and O–H groups in total. The average molecular weight is 299 g/mol. The zero-order chi connectivity index (χ0) is 12.4. The van der Waals surface area contributed by atoms with Crippen LogP contribution in [0.4, 0.5) is 0 Å². The topological polar surface area (TPSA) is 80.6 Å². The lowest BCUT2D eigenvalue weighted by Gasteiger charge is -1.98. The summed E-state index contributed by atoms with van der Waals surface area (Å²) in [6.45, 7) is 0. The molecule has 0 radical (unpaired) electrons. The molecule has 0 aliphatic rings. The number of aliphatic carboxylic acids is 1. The second-order valence-electron chi connectivity index (χ2n) is 3.29. The third-order valence-electron chi connectivity index (χ3n) is 2.04.